The van der Waals surface area contributed by atoms with Gasteiger partial charge in [0, 0.05) is 24.7 Å². The summed E-state index contributed by atoms with van der Waals surface area (Å²) < 4.78 is 0. The second-order valence-corrected chi connectivity index (χ2v) is 5.07. The second-order valence-electron chi connectivity index (χ2n) is 5.07. The molecule has 1 saturated heterocycles. The van der Waals surface area contributed by atoms with Gasteiger partial charge in [-0.2, -0.15) is 5.10 Å². The van der Waals surface area contributed by atoms with E-state index in [-0.39, 0.29) is 5.69 Å². The summed E-state index contributed by atoms with van der Waals surface area (Å²) in [6, 6.07) is 0.555. The Balaban J connectivity index is 2.00. The van der Waals surface area contributed by atoms with E-state index in [0.717, 1.165) is 25.1 Å². The van der Waals surface area contributed by atoms with Crippen LogP contribution in [-0.4, -0.2) is 64.3 Å². The lowest BCUT2D eigenvalue weighted by Crippen LogP contribution is -2.44. The molecule has 6 nitrogen and oxygen atoms in total. The van der Waals surface area contributed by atoms with Gasteiger partial charge in [0.05, 0.1) is 6.20 Å². The molecule has 1 atom stereocenters. The van der Waals surface area contributed by atoms with Crippen LogP contribution in [0.1, 0.15) is 28.9 Å². The quantitative estimate of drug-likeness (QED) is 0.822. The van der Waals surface area contributed by atoms with Gasteiger partial charge in [-0.3, -0.25) is 10.00 Å². The predicted molar refractivity (Wildman–Crippen MR) is 67.5 cm³/mol. The van der Waals surface area contributed by atoms with Crippen LogP contribution in [0.15, 0.2) is 6.20 Å². The minimum Gasteiger partial charge on any atom is -0.477 e. The normalized spacial score (nSPS) is 21.4. The molecule has 1 aliphatic rings. The van der Waals surface area contributed by atoms with Gasteiger partial charge in [-0.1, -0.05) is 0 Å². The summed E-state index contributed by atoms with van der Waals surface area (Å²) in [4.78, 5) is 15.5. The highest BCUT2D eigenvalue weighted by atomic mass is 16.4. The van der Waals surface area contributed by atoms with Crippen LogP contribution in [0.5, 0.6) is 0 Å². The van der Waals surface area contributed by atoms with Crippen molar-refractivity contribution < 1.29 is 9.90 Å². The molecule has 18 heavy (non-hydrogen) atoms. The molecule has 0 spiro atoms. The number of likely N-dealkylation sites (tertiary alicyclic amines) is 1. The van der Waals surface area contributed by atoms with Crippen LogP contribution in [0.2, 0.25) is 0 Å². The van der Waals surface area contributed by atoms with Gasteiger partial charge >= 0.3 is 5.97 Å². The van der Waals surface area contributed by atoms with Crippen molar-refractivity contribution in [2.24, 2.45) is 0 Å². The molecule has 2 N–H and O–H groups in total. The van der Waals surface area contributed by atoms with Gasteiger partial charge in [0.2, 0.25) is 0 Å². The Morgan fingerprint density at radius 1 is 1.67 bits per heavy atom. The van der Waals surface area contributed by atoms with E-state index < -0.39 is 5.97 Å². The van der Waals surface area contributed by atoms with Crippen molar-refractivity contribution >= 4 is 5.97 Å². The van der Waals surface area contributed by atoms with Crippen LogP contribution < -0.4 is 0 Å². The lowest BCUT2D eigenvalue weighted by molar-refractivity contribution is 0.0686. The number of aromatic amines is 1. The fourth-order valence-electron chi connectivity index (χ4n) is 2.45. The number of likely N-dealkylation sites (N-methyl/N-ethyl adjacent to an activating group) is 1. The van der Waals surface area contributed by atoms with Crippen molar-refractivity contribution in [2.75, 3.05) is 27.2 Å². The number of aromatic carboxylic acids is 1. The maximum atomic E-state index is 11.0. The average Bonchev–Trinajstić information content (AvgIpc) is 2.77. The maximum Gasteiger partial charge on any atom is 0.354 e. The molecule has 0 unspecified atom stereocenters. The van der Waals surface area contributed by atoms with E-state index in [4.69, 9.17) is 5.11 Å². The lowest BCUT2D eigenvalue weighted by Gasteiger charge is -2.36. The average molecular weight is 252 g/mol. The molecule has 0 bridgehead atoms. The van der Waals surface area contributed by atoms with Gasteiger partial charge in [-0.15, -0.1) is 0 Å². The standard InChI is InChI=1S/C12H20N4O2/c1-15(2)10-4-3-5-16(8-10)7-9-6-13-14-11(9)12(17)18/h6,10H,3-5,7-8H2,1-2H3,(H,13,14)(H,17,18)/t10-/m0/s1. The zero-order valence-electron chi connectivity index (χ0n) is 10.9. The molecule has 1 fully saturated rings. The highest BCUT2D eigenvalue weighted by molar-refractivity contribution is 5.86. The first-order chi connectivity index (χ1) is 8.58. The van der Waals surface area contributed by atoms with Gasteiger partial charge in [-0.05, 0) is 33.5 Å². The zero-order valence-corrected chi connectivity index (χ0v) is 10.9. The van der Waals surface area contributed by atoms with Gasteiger partial charge in [0.1, 0.15) is 5.69 Å². The summed E-state index contributed by atoms with van der Waals surface area (Å²) in [5, 5.41) is 15.4. The molecule has 1 aromatic rings. The summed E-state index contributed by atoms with van der Waals surface area (Å²) in [5.74, 6) is -0.941. The monoisotopic (exact) mass is 252 g/mol. The van der Waals surface area contributed by atoms with Crippen molar-refractivity contribution in [3.05, 3.63) is 17.5 Å². The number of carbonyl (C=O) groups is 1. The van der Waals surface area contributed by atoms with E-state index in [0.29, 0.717) is 12.6 Å². The van der Waals surface area contributed by atoms with Gasteiger partial charge in [0.15, 0.2) is 0 Å². The molecule has 2 heterocycles. The minimum absolute atomic E-state index is 0.210. The topological polar surface area (TPSA) is 72.5 Å². The van der Waals surface area contributed by atoms with Crippen molar-refractivity contribution in [1.29, 1.82) is 0 Å². The van der Waals surface area contributed by atoms with E-state index in [1.165, 1.54) is 6.42 Å². The van der Waals surface area contributed by atoms with E-state index in [1.807, 2.05) is 0 Å². The fourth-order valence-corrected chi connectivity index (χ4v) is 2.45. The molecule has 6 heteroatoms. The Morgan fingerprint density at radius 2 is 2.44 bits per heavy atom. The van der Waals surface area contributed by atoms with Crippen LogP contribution >= 0.6 is 0 Å². The SMILES string of the molecule is CN(C)[C@H]1CCCN(Cc2cn[nH]c2C(=O)O)C1. The largest absolute Gasteiger partial charge is 0.477 e. The van der Waals surface area contributed by atoms with E-state index in [9.17, 15) is 4.79 Å². The Bertz CT molecular complexity index is 416. The molecular weight excluding hydrogens is 232 g/mol. The van der Waals surface area contributed by atoms with Gasteiger partial charge in [-0.25, -0.2) is 4.79 Å². The summed E-state index contributed by atoms with van der Waals surface area (Å²) >= 11 is 0. The summed E-state index contributed by atoms with van der Waals surface area (Å²) in [7, 11) is 4.18. The van der Waals surface area contributed by atoms with Crippen LogP contribution in [-0.2, 0) is 6.54 Å². The number of aromatic nitrogens is 2. The summed E-state index contributed by atoms with van der Waals surface area (Å²) in [6.45, 7) is 2.66. The Kier molecular flexibility index (Phi) is 3.98. The Hall–Kier alpha value is -1.40. The number of nitrogens with one attached hydrogen (secondary N) is 1. The highest BCUT2D eigenvalue weighted by Gasteiger charge is 2.23. The van der Waals surface area contributed by atoms with Crippen molar-refractivity contribution in [3.63, 3.8) is 0 Å². The molecule has 2 rings (SSSR count). The van der Waals surface area contributed by atoms with Gasteiger partial charge in [0.25, 0.3) is 0 Å². The Morgan fingerprint density at radius 3 is 3.11 bits per heavy atom. The Labute approximate surface area is 107 Å². The third-order valence-corrected chi connectivity index (χ3v) is 3.54. The van der Waals surface area contributed by atoms with Crippen molar-refractivity contribution in [3.8, 4) is 0 Å². The zero-order chi connectivity index (χ0) is 13.1. The fraction of sp³-hybridized carbons (Fsp3) is 0.667. The molecule has 0 amide bonds. The van der Waals surface area contributed by atoms with Crippen LogP contribution in [0.4, 0.5) is 0 Å². The minimum atomic E-state index is -0.941. The summed E-state index contributed by atoms with van der Waals surface area (Å²) in [5.41, 5.74) is 0.976. The second kappa shape index (κ2) is 5.49. The molecule has 100 valence electrons. The third kappa shape index (κ3) is 2.88. The van der Waals surface area contributed by atoms with Crippen LogP contribution in [0.3, 0.4) is 0 Å². The number of hydrogen-bond acceptors (Lipinski definition) is 4. The first-order valence-corrected chi connectivity index (χ1v) is 6.22. The molecule has 1 aliphatic heterocycles. The number of nitrogens with zero attached hydrogens (tertiary/aromatic N) is 3. The maximum absolute atomic E-state index is 11.0. The van der Waals surface area contributed by atoms with Crippen LogP contribution in [0.25, 0.3) is 0 Å². The first kappa shape index (κ1) is 13.0. The van der Waals surface area contributed by atoms with Crippen molar-refractivity contribution in [2.45, 2.75) is 25.4 Å². The number of H-pyrrole nitrogens is 1. The first-order valence-electron chi connectivity index (χ1n) is 6.22. The summed E-state index contributed by atoms with van der Waals surface area (Å²) in [6.07, 6.45) is 3.98. The number of rotatable bonds is 4. The molecule has 0 radical (unpaired) electrons. The lowest BCUT2D eigenvalue weighted by atomic mass is 10.0. The number of piperidine rings is 1. The number of carboxylic acids is 1. The van der Waals surface area contributed by atoms with E-state index in [1.54, 1.807) is 6.20 Å². The van der Waals surface area contributed by atoms with Gasteiger partial charge < -0.3 is 10.0 Å². The van der Waals surface area contributed by atoms with E-state index >= 15 is 0 Å². The van der Waals surface area contributed by atoms with Crippen LogP contribution in [0, 0.1) is 0 Å². The highest BCUT2D eigenvalue weighted by Crippen LogP contribution is 2.17. The third-order valence-electron chi connectivity index (χ3n) is 3.54. The smallest absolute Gasteiger partial charge is 0.354 e. The molecule has 0 aromatic carbocycles. The predicted octanol–water partition coefficient (Wildman–Crippen LogP) is 0.634. The molecule has 1 aromatic heterocycles. The van der Waals surface area contributed by atoms with E-state index in [2.05, 4.69) is 34.1 Å². The number of hydrogen-bond donors (Lipinski definition) is 2. The van der Waals surface area contributed by atoms with Crippen molar-refractivity contribution in [1.82, 2.24) is 20.0 Å². The molecule has 0 aliphatic carbocycles. The molecule has 0 saturated carbocycles. The number of carboxylic acid groups (broad SMARTS) is 1. The molecular formula is C12H20N4O2.